The summed E-state index contributed by atoms with van der Waals surface area (Å²) in [4.78, 5) is 23.4. The number of unbranched alkanes of at least 4 members (excludes halogenated alkanes) is 1. The maximum absolute atomic E-state index is 12.0. The highest BCUT2D eigenvalue weighted by Crippen LogP contribution is 2.33. The minimum atomic E-state index is -0.0467. The number of quaternary nitrogens is 1. The number of nitrogens with zero attached hydrogens (tertiary/aromatic N) is 2. The molecule has 4 saturated heterocycles. The van der Waals surface area contributed by atoms with E-state index in [9.17, 15) is 9.59 Å². The molecule has 4 heterocycles. The zero-order valence-electron chi connectivity index (χ0n) is 22.4. The van der Waals surface area contributed by atoms with Crippen LogP contribution < -0.4 is 21.5 Å². The lowest BCUT2D eigenvalue weighted by molar-refractivity contribution is -0.973. The minimum absolute atomic E-state index is 0.0467. The second-order valence-corrected chi connectivity index (χ2v) is 11.9. The van der Waals surface area contributed by atoms with Gasteiger partial charge in [0.1, 0.15) is 6.04 Å². The molecule has 4 N–H and O–H groups in total. The number of thioether (sulfide) groups is 1. The van der Waals surface area contributed by atoms with Crippen LogP contribution in [0.2, 0.25) is 0 Å². The summed E-state index contributed by atoms with van der Waals surface area (Å²) in [6.07, 6.45) is 6.07. The summed E-state index contributed by atoms with van der Waals surface area (Å²) < 4.78 is 17.9. The van der Waals surface area contributed by atoms with Crippen molar-refractivity contribution in [2.75, 3.05) is 78.1 Å². The molecule has 0 bridgehead atoms. The number of amides is 3. The van der Waals surface area contributed by atoms with Crippen molar-refractivity contribution in [3.8, 4) is 0 Å². The number of urea groups is 1. The maximum Gasteiger partial charge on any atom is 0.315 e. The van der Waals surface area contributed by atoms with Gasteiger partial charge in [-0.25, -0.2) is 9.39 Å². The van der Waals surface area contributed by atoms with Crippen molar-refractivity contribution in [3.05, 3.63) is 0 Å². The number of hydrogen-bond donors (Lipinski definition) is 4. The summed E-state index contributed by atoms with van der Waals surface area (Å²) >= 11 is 1.92. The van der Waals surface area contributed by atoms with E-state index < -0.39 is 0 Å². The lowest BCUT2D eigenvalue weighted by atomic mass is 10.0. The molecule has 1 spiro atoms. The van der Waals surface area contributed by atoms with Crippen LogP contribution in [0.3, 0.4) is 0 Å². The monoisotopic (exact) mass is 543 g/mol. The zero-order valence-corrected chi connectivity index (χ0v) is 23.2. The van der Waals surface area contributed by atoms with Gasteiger partial charge in [0.2, 0.25) is 5.91 Å². The molecule has 11 nitrogen and oxygen atoms in total. The molecule has 3 unspecified atom stereocenters. The van der Waals surface area contributed by atoms with Crippen molar-refractivity contribution < 1.29 is 28.4 Å². The average Bonchev–Trinajstić information content (AvgIpc) is 3.64. The van der Waals surface area contributed by atoms with Gasteiger partial charge in [0.15, 0.2) is 0 Å². The Hall–Kier alpha value is -1.15. The second-order valence-electron chi connectivity index (χ2n) is 10.6. The molecule has 212 valence electrons. The Kier molecular flexibility index (Phi) is 11.6. The predicted molar refractivity (Wildman–Crippen MR) is 143 cm³/mol. The molecule has 0 aromatic rings. The summed E-state index contributed by atoms with van der Waals surface area (Å²) in [7, 11) is 0. The molecular weight excluding hydrogens is 496 g/mol. The van der Waals surface area contributed by atoms with Gasteiger partial charge in [-0.05, 0) is 19.8 Å². The number of ether oxygens (including phenoxy) is 3. The van der Waals surface area contributed by atoms with Gasteiger partial charge in [-0.15, -0.1) is 0 Å². The SMILES string of the molecule is CC1CN(CCOCCOCCOCCNC(=O)CCCC[C@H]2SCC3NC(=O)NC32)N[N+]12CCCC2. The smallest absolute Gasteiger partial charge is 0.315 e. The third kappa shape index (κ3) is 8.67. The number of hydrazine groups is 1. The van der Waals surface area contributed by atoms with Gasteiger partial charge in [0.25, 0.3) is 0 Å². The Balaban J connectivity index is 0.878. The molecule has 0 aliphatic carbocycles. The van der Waals surface area contributed by atoms with E-state index >= 15 is 0 Å². The molecular formula is C25H47N6O5S+. The summed E-state index contributed by atoms with van der Waals surface area (Å²) in [5, 5.41) is 11.7. The van der Waals surface area contributed by atoms with Crippen molar-refractivity contribution in [2.45, 2.75) is 68.8 Å². The van der Waals surface area contributed by atoms with Crippen LogP contribution >= 0.6 is 11.8 Å². The Morgan fingerprint density at radius 2 is 1.78 bits per heavy atom. The van der Waals surface area contributed by atoms with Gasteiger partial charge in [0.05, 0.1) is 71.4 Å². The maximum atomic E-state index is 12.0. The quantitative estimate of drug-likeness (QED) is 0.120. The van der Waals surface area contributed by atoms with Gasteiger partial charge < -0.3 is 30.2 Å². The third-order valence-electron chi connectivity index (χ3n) is 7.93. The molecule has 0 aromatic heterocycles. The molecule has 0 aromatic carbocycles. The van der Waals surface area contributed by atoms with Crippen LogP contribution in [0.4, 0.5) is 4.79 Å². The van der Waals surface area contributed by atoms with Gasteiger partial charge in [-0.2, -0.15) is 16.8 Å². The van der Waals surface area contributed by atoms with Crippen LogP contribution in [0, 0.1) is 0 Å². The first kappa shape index (κ1) is 28.8. The van der Waals surface area contributed by atoms with E-state index in [-0.39, 0.29) is 24.0 Å². The Bertz CT molecular complexity index is 728. The summed E-state index contributed by atoms with van der Waals surface area (Å²) in [6, 6.07) is 1.11. The van der Waals surface area contributed by atoms with Crippen LogP contribution in [0.5, 0.6) is 0 Å². The molecule has 4 rings (SSSR count). The Morgan fingerprint density at radius 1 is 1.05 bits per heavy atom. The molecule has 4 aliphatic heterocycles. The van der Waals surface area contributed by atoms with Crippen LogP contribution in [0.15, 0.2) is 0 Å². The van der Waals surface area contributed by atoms with Crippen molar-refractivity contribution in [2.24, 2.45) is 0 Å². The normalized spacial score (nSPS) is 28.5. The standard InChI is InChI=1S/C25H46N6O5S/c1-20-18-30(29-31(20)10-4-5-11-31)9-13-35-15-17-36-16-14-34-12-8-26-23(32)7-3-2-6-22-24-21(19-37-22)27-25(33)28-24/h20-22,24,29H,2-19H2,1H3,(H2-,26,27,28,32,33)/p+1/t20?,21?,22-,24?/m1/s1. The zero-order chi connectivity index (χ0) is 25.9. The molecule has 4 atom stereocenters. The first-order valence-electron chi connectivity index (χ1n) is 14.1. The van der Waals surface area contributed by atoms with E-state index in [1.54, 1.807) is 0 Å². The highest BCUT2D eigenvalue weighted by atomic mass is 32.2. The Labute approximate surface area is 225 Å². The third-order valence-corrected chi connectivity index (χ3v) is 9.44. The largest absolute Gasteiger partial charge is 0.378 e. The fraction of sp³-hybridized carbons (Fsp3) is 0.920. The van der Waals surface area contributed by atoms with Crippen LogP contribution in [0.25, 0.3) is 0 Å². The number of carbonyl (C=O) groups excluding carboxylic acids is 2. The number of hydrogen-bond acceptors (Lipinski definition) is 8. The van der Waals surface area contributed by atoms with E-state index in [0.717, 1.165) is 42.7 Å². The first-order chi connectivity index (χ1) is 18.1. The molecule has 4 aliphatic rings. The van der Waals surface area contributed by atoms with Crippen LogP contribution in [-0.4, -0.2) is 123 Å². The summed E-state index contributed by atoms with van der Waals surface area (Å²) in [5.41, 5.74) is 3.69. The molecule has 3 amide bonds. The lowest BCUT2D eigenvalue weighted by Crippen LogP contribution is -2.57. The molecule has 4 fully saturated rings. The molecule has 12 heteroatoms. The van der Waals surface area contributed by atoms with Crippen LogP contribution in [-0.2, 0) is 19.0 Å². The number of rotatable bonds is 17. The second kappa shape index (κ2) is 14.9. The average molecular weight is 544 g/mol. The van der Waals surface area contributed by atoms with E-state index in [4.69, 9.17) is 14.2 Å². The van der Waals surface area contributed by atoms with Gasteiger partial charge in [-0.1, -0.05) is 12.0 Å². The van der Waals surface area contributed by atoms with Crippen LogP contribution in [0.1, 0.15) is 45.4 Å². The topological polar surface area (TPSA) is 113 Å². The molecule has 0 saturated carbocycles. The highest BCUT2D eigenvalue weighted by Gasteiger charge is 2.45. The van der Waals surface area contributed by atoms with Crippen molar-refractivity contribution >= 4 is 23.7 Å². The minimum Gasteiger partial charge on any atom is -0.378 e. The van der Waals surface area contributed by atoms with E-state index in [2.05, 4.69) is 33.4 Å². The van der Waals surface area contributed by atoms with Crippen molar-refractivity contribution in [1.29, 1.82) is 0 Å². The van der Waals surface area contributed by atoms with Crippen molar-refractivity contribution in [3.63, 3.8) is 0 Å². The number of carbonyl (C=O) groups is 2. The highest BCUT2D eigenvalue weighted by molar-refractivity contribution is 8.00. The van der Waals surface area contributed by atoms with E-state index in [0.29, 0.717) is 63.9 Å². The fourth-order valence-electron chi connectivity index (χ4n) is 5.82. The van der Waals surface area contributed by atoms with Gasteiger partial charge in [-0.3, -0.25) is 4.79 Å². The number of nitrogens with one attached hydrogen (secondary N) is 4. The summed E-state index contributed by atoms with van der Waals surface area (Å²) in [5.74, 6) is 1.05. The first-order valence-corrected chi connectivity index (χ1v) is 15.2. The van der Waals surface area contributed by atoms with Crippen molar-refractivity contribution in [1.82, 2.24) is 26.5 Å². The van der Waals surface area contributed by atoms with E-state index in [1.165, 1.54) is 25.9 Å². The Morgan fingerprint density at radius 3 is 2.57 bits per heavy atom. The molecule has 37 heavy (non-hydrogen) atoms. The van der Waals surface area contributed by atoms with Gasteiger partial charge >= 0.3 is 6.03 Å². The summed E-state index contributed by atoms with van der Waals surface area (Å²) in [6.45, 7) is 10.7. The number of fused-ring (bicyclic) bond motifs is 1. The predicted octanol–water partition coefficient (Wildman–Crippen LogP) is 0.613. The fourth-order valence-corrected chi connectivity index (χ4v) is 7.36. The molecule has 0 radical (unpaired) electrons. The van der Waals surface area contributed by atoms with E-state index in [1.807, 2.05) is 11.8 Å². The lowest BCUT2D eigenvalue weighted by Gasteiger charge is -2.32. The van der Waals surface area contributed by atoms with Gasteiger partial charge in [0, 0.05) is 43.4 Å².